The van der Waals surface area contributed by atoms with Crippen molar-refractivity contribution in [2.24, 2.45) is 0 Å². The summed E-state index contributed by atoms with van der Waals surface area (Å²) in [4.78, 5) is 11.0. The first-order valence-corrected chi connectivity index (χ1v) is 5.17. The zero-order valence-electron chi connectivity index (χ0n) is 9.05. The molecule has 0 amide bonds. The lowest BCUT2D eigenvalue weighted by atomic mass is 10.1. The van der Waals surface area contributed by atoms with Crippen LogP contribution in [0.15, 0.2) is 54.6 Å². The molecule has 17 heavy (non-hydrogen) atoms. The molecule has 0 saturated carbocycles. The number of hydrogen-bond acceptors (Lipinski definition) is 1. The van der Waals surface area contributed by atoms with Gasteiger partial charge in [0.25, 0.3) is 0 Å². The van der Waals surface area contributed by atoms with Gasteiger partial charge in [-0.05, 0) is 24.3 Å². The van der Waals surface area contributed by atoms with E-state index in [0.29, 0.717) is 5.56 Å². The van der Waals surface area contributed by atoms with E-state index in [1.54, 1.807) is 24.3 Å². The van der Waals surface area contributed by atoms with Crippen molar-refractivity contribution in [1.29, 1.82) is 0 Å². The Hall–Kier alpha value is -2.53. The smallest absolute Gasteiger partial charge is 0.336 e. The minimum atomic E-state index is -0.956. The molecular formula is C15H10O2. The maximum atomic E-state index is 11.0. The number of rotatable bonds is 1. The van der Waals surface area contributed by atoms with Gasteiger partial charge >= 0.3 is 5.97 Å². The van der Waals surface area contributed by atoms with Gasteiger partial charge in [-0.25, -0.2) is 4.79 Å². The predicted molar refractivity (Wildman–Crippen MR) is 65.8 cm³/mol. The van der Waals surface area contributed by atoms with Gasteiger partial charge < -0.3 is 5.11 Å². The molecule has 0 aliphatic carbocycles. The van der Waals surface area contributed by atoms with Gasteiger partial charge in [-0.15, -0.1) is 0 Å². The topological polar surface area (TPSA) is 37.3 Å². The molecule has 0 spiro atoms. The summed E-state index contributed by atoms with van der Waals surface area (Å²) in [7, 11) is 0. The molecule has 0 aliphatic rings. The largest absolute Gasteiger partial charge is 0.478 e. The van der Waals surface area contributed by atoms with Crippen LogP contribution < -0.4 is 0 Å². The fourth-order valence-electron chi connectivity index (χ4n) is 1.44. The molecule has 2 heteroatoms. The fraction of sp³-hybridized carbons (Fsp3) is 0. The molecule has 0 aromatic heterocycles. The van der Waals surface area contributed by atoms with Crippen molar-refractivity contribution in [3.05, 3.63) is 71.3 Å². The van der Waals surface area contributed by atoms with E-state index in [1.807, 2.05) is 30.3 Å². The van der Waals surface area contributed by atoms with Crippen molar-refractivity contribution in [2.75, 3.05) is 0 Å². The number of aromatic carboxylic acids is 1. The Morgan fingerprint density at radius 3 is 2.24 bits per heavy atom. The number of carboxylic acid groups (broad SMARTS) is 1. The second-order valence-corrected chi connectivity index (χ2v) is 3.47. The number of hydrogen-bond donors (Lipinski definition) is 1. The Bertz CT molecular complexity index is 589. The summed E-state index contributed by atoms with van der Waals surface area (Å²) in [5.41, 5.74) is 1.63. The van der Waals surface area contributed by atoms with Crippen LogP contribution in [0.5, 0.6) is 0 Å². The molecule has 2 aromatic rings. The Labute approximate surface area is 99.5 Å². The minimum Gasteiger partial charge on any atom is -0.478 e. The third kappa shape index (κ3) is 2.73. The first kappa shape index (κ1) is 11.0. The third-order valence-electron chi connectivity index (χ3n) is 2.27. The molecule has 1 N–H and O–H groups in total. The average molecular weight is 222 g/mol. The first-order chi connectivity index (χ1) is 8.27. The van der Waals surface area contributed by atoms with Crippen molar-refractivity contribution in [1.82, 2.24) is 0 Å². The van der Waals surface area contributed by atoms with E-state index < -0.39 is 5.97 Å². The van der Waals surface area contributed by atoms with E-state index in [2.05, 4.69) is 11.8 Å². The molecule has 0 bridgehead atoms. The minimum absolute atomic E-state index is 0.232. The van der Waals surface area contributed by atoms with E-state index in [0.717, 1.165) is 5.56 Å². The molecule has 0 unspecified atom stereocenters. The summed E-state index contributed by atoms with van der Waals surface area (Å²) < 4.78 is 0. The van der Waals surface area contributed by atoms with Gasteiger partial charge in [0.2, 0.25) is 0 Å². The number of carboxylic acids is 1. The van der Waals surface area contributed by atoms with E-state index >= 15 is 0 Å². The van der Waals surface area contributed by atoms with E-state index in [4.69, 9.17) is 5.11 Å². The standard InChI is InChI=1S/C15H10O2/c16-15(17)14-9-5-4-8-13(14)11-10-12-6-2-1-3-7-12/h1-9H,(H,16,17). The van der Waals surface area contributed by atoms with Crippen LogP contribution in [0.2, 0.25) is 0 Å². The lowest BCUT2D eigenvalue weighted by Gasteiger charge is -1.97. The van der Waals surface area contributed by atoms with E-state index in [1.165, 1.54) is 0 Å². The Morgan fingerprint density at radius 2 is 1.53 bits per heavy atom. The molecule has 82 valence electrons. The maximum absolute atomic E-state index is 11.0. The SMILES string of the molecule is O=C(O)c1ccccc1C#Cc1ccccc1. The van der Waals surface area contributed by atoms with Crippen molar-refractivity contribution in [3.63, 3.8) is 0 Å². The number of carbonyl (C=O) groups is 1. The zero-order chi connectivity index (χ0) is 12.1. The van der Waals surface area contributed by atoms with Gasteiger partial charge in [-0.1, -0.05) is 42.2 Å². The summed E-state index contributed by atoms with van der Waals surface area (Å²) in [6.45, 7) is 0. The maximum Gasteiger partial charge on any atom is 0.336 e. The summed E-state index contributed by atoms with van der Waals surface area (Å²) in [6, 6.07) is 16.2. The molecule has 0 aliphatic heterocycles. The molecule has 2 rings (SSSR count). The average Bonchev–Trinajstić information content (AvgIpc) is 2.38. The van der Waals surface area contributed by atoms with Gasteiger partial charge in [-0.3, -0.25) is 0 Å². The second-order valence-electron chi connectivity index (χ2n) is 3.47. The highest BCUT2D eigenvalue weighted by Crippen LogP contribution is 2.07. The van der Waals surface area contributed by atoms with Crippen molar-refractivity contribution < 1.29 is 9.90 Å². The van der Waals surface area contributed by atoms with Gasteiger partial charge in [0.05, 0.1) is 5.56 Å². The van der Waals surface area contributed by atoms with Gasteiger partial charge in [0, 0.05) is 11.1 Å². The van der Waals surface area contributed by atoms with Crippen LogP contribution in [0.25, 0.3) is 0 Å². The predicted octanol–water partition coefficient (Wildman–Crippen LogP) is 2.78. The zero-order valence-corrected chi connectivity index (χ0v) is 9.05. The third-order valence-corrected chi connectivity index (χ3v) is 2.27. The molecule has 0 saturated heterocycles. The summed E-state index contributed by atoms with van der Waals surface area (Å²) in [6.07, 6.45) is 0. The van der Waals surface area contributed by atoms with Crippen LogP contribution in [0.3, 0.4) is 0 Å². The summed E-state index contributed by atoms with van der Waals surface area (Å²) in [5, 5.41) is 9.00. The molecule has 0 fully saturated rings. The van der Waals surface area contributed by atoms with Gasteiger partial charge in [0.15, 0.2) is 0 Å². The van der Waals surface area contributed by atoms with Crippen LogP contribution in [-0.4, -0.2) is 11.1 Å². The highest BCUT2D eigenvalue weighted by molar-refractivity contribution is 5.90. The van der Waals surface area contributed by atoms with Gasteiger partial charge in [-0.2, -0.15) is 0 Å². The van der Waals surface area contributed by atoms with Crippen LogP contribution >= 0.6 is 0 Å². The quantitative estimate of drug-likeness (QED) is 0.753. The molecular weight excluding hydrogens is 212 g/mol. The van der Waals surface area contributed by atoms with Crippen LogP contribution in [0.1, 0.15) is 21.5 Å². The lowest BCUT2D eigenvalue weighted by molar-refractivity contribution is 0.0696. The Balaban J connectivity index is 2.38. The highest BCUT2D eigenvalue weighted by atomic mass is 16.4. The van der Waals surface area contributed by atoms with Crippen LogP contribution in [-0.2, 0) is 0 Å². The number of benzene rings is 2. The first-order valence-electron chi connectivity index (χ1n) is 5.17. The van der Waals surface area contributed by atoms with Crippen molar-refractivity contribution in [3.8, 4) is 11.8 Å². The molecule has 2 aromatic carbocycles. The second kappa shape index (κ2) is 5.00. The van der Waals surface area contributed by atoms with Gasteiger partial charge in [0.1, 0.15) is 0 Å². The highest BCUT2D eigenvalue weighted by Gasteiger charge is 2.05. The van der Waals surface area contributed by atoms with Crippen molar-refractivity contribution >= 4 is 5.97 Å². The summed E-state index contributed by atoms with van der Waals surface area (Å²) in [5.74, 6) is 4.87. The van der Waals surface area contributed by atoms with Crippen LogP contribution in [0.4, 0.5) is 0 Å². The van der Waals surface area contributed by atoms with E-state index in [-0.39, 0.29) is 5.56 Å². The van der Waals surface area contributed by atoms with Crippen molar-refractivity contribution in [2.45, 2.75) is 0 Å². The molecule has 0 heterocycles. The molecule has 0 radical (unpaired) electrons. The Morgan fingerprint density at radius 1 is 0.882 bits per heavy atom. The normalized spacial score (nSPS) is 9.18. The summed E-state index contributed by atoms with van der Waals surface area (Å²) >= 11 is 0. The molecule has 2 nitrogen and oxygen atoms in total. The fourth-order valence-corrected chi connectivity index (χ4v) is 1.44. The molecule has 0 atom stereocenters. The monoisotopic (exact) mass is 222 g/mol. The Kier molecular flexibility index (Phi) is 3.23. The van der Waals surface area contributed by atoms with Crippen LogP contribution in [0, 0.1) is 11.8 Å². The van der Waals surface area contributed by atoms with E-state index in [9.17, 15) is 4.79 Å². The lowest BCUT2D eigenvalue weighted by Crippen LogP contribution is -1.99.